The number of benzene rings is 1. The minimum atomic E-state index is 0.752. The number of fused-ring (bicyclic) bond motifs is 1. The van der Waals surface area contributed by atoms with Crippen molar-refractivity contribution >= 4 is 0 Å². The number of rotatable bonds is 4. The van der Waals surface area contributed by atoms with Gasteiger partial charge in [0.15, 0.2) is 0 Å². The first-order chi connectivity index (χ1) is 9.93. The van der Waals surface area contributed by atoms with Crippen molar-refractivity contribution in [1.82, 2.24) is 9.80 Å². The van der Waals surface area contributed by atoms with E-state index in [1.807, 2.05) is 0 Å². The molecule has 2 aliphatic rings. The van der Waals surface area contributed by atoms with Gasteiger partial charge in [-0.15, -0.1) is 0 Å². The van der Waals surface area contributed by atoms with Crippen LogP contribution in [0.15, 0.2) is 30.3 Å². The SMILES string of the molecule is c1ccc(CCCN2CCCN3CCCCCC32)cc1. The minimum absolute atomic E-state index is 0.752. The van der Waals surface area contributed by atoms with Gasteiger partial charge in [0.25, 0.3) is 0 Å². The molecular formula is C18H28N2. The van der Waals surface area contributed by atoms with Gasteiger partial charge < -0.3 is 0 Å². The monoisotopic (exact) mass is 272 g/mol. The lowest BCUT2D eigenvalue weighted by Crippen LogP contribution is -2.53. The van der Waals surface area contributed by atoms with Crippen LogP contribution in [0.1, 0.15) is 44.1 Å². The van der Waals surface area contributed by atoms with Crippen molar-refractivity contribution in [3.63, 3.8) is 0 Å². The summed E-state index contributed by atoms with van der Waals surface area (Å²) in [7, 11) is 0. The van der Waals surface area contributed by atoms with Crippen LogP contribution < -0.4 is 0 Å². The molecule has 2 heteroatoms. The van der Waals surface area contributed by atoms with Gasteiger partial charge in [0.1, 0.15) is 0 Å². The van der Waals surface area contributed by atoms with Crippen molar-refractivity contribution in [2.75, 3.05) is 26.2 Å². The molecule has 2 nitrogen and oxygen atoms in total. The maximum absolute atomic E-state index is 2.76. The standard InChI is InChI=1S/C18H28N2/c1-3-9-17(10-4-1)11-7-14-20-16-8-15-19-13-6-2-5-12-18(19)20/h1,3-4,9-10,18H,2,5-8,11-16H2. The minimum Gasteiger partial charge on any atom is -0.288 e. The number of hydrogen-bond acceptors (Lipinski definition) is 2. The molecule has 0 spiro atoms. The van der Waals surface area contributed by atoms with Crippen molar-refractivity contribution in [2.24, 2.45) is 0 Å². The van der Waals surface area contributed by atoms with Crippen LogP contribution in [0.25, 0.3) is 0 Å². The van der Waals surface area contributed by atoms with Crippen LogP contribution >= 0.6 is 0 Å². The Kier molecular flexibility index (Phi) is 5.10. The highest BCUT2D eigenvalue weighted by atomic mass is 15.4. The Labute approximate surface area is 123 Å². The van der Waals surface area contributed by atoms with Crippen molar-refractivity contribution < 1.29 is 0 Å². The van der Waals surface area contributed by atoms with Crippen molar-refractivity contribution in [1.29, 1.82) is 0 Å². The zero-order chi connectivity index (χ0) is 13.6. The Morgan fingerprint density at radius 3 is 2.65 bits per heavy atom. The van der Waals surface area contributed by atoms with E-state index in [0.29, 0.717) is 0 Å². The normalized spacial score (nSPS) is 25.1. The molecule has 2 fully saturated rings. The van der Waals surface area contributed by atoms with Crippen LogP contribution in [0.2, 0.25) is 0 Å². The van der Waals surface area contributed by atoms with Gasteiger partial charge in [-0.05, 0) is 50.8 Å². The van der Waals surface area contributed by atoms with E-state index in [4.69, 9.17) is 0 Å². The van der Waals surface area contributed by atoms with Crippen LogP contribution in [0.4, 0.5) is 0 Å². The van der Waals surface area contributed by atoms with Gasteiger partial charge >= 0.3 is 0 Å². The largest absolute Gasteiger partial charge is 0.288 e. The van der Waals surface area contributed by atoms with E-state index >= 15 is 0 Å². The second-order valence-corrected chi connectivity index (χ2v) is 6.34. The molecule has 0 aromatic heterocycles. The van der Waals surface area contributed by atoms with Gasteiger partial charge in [0, 0.05) is 13.1 Å². The second-order valence-electron chi connectivity index (χ2n) is 6.34. The zero-order valence-corrected chi connectivity index (χ0v) is 12.6. The Morgan fingerprint density at radius 1 is 0.900 bits per heavy atom. The van der Waals surface area contributed by atoms with Crippen LogP contribution in [0, 0.1) is 0 Å². The summed E-state index contributed by atoms with van der Waals surface area (Å²) in [5, 5.41) is 0. The molecule has 0 bridgehead atoms. The third-order valence-corrected chi connectivity index (χ3v) is 4.89. The lowest BCUT2D eigenvalue weighted by molar-refractivity contribution is 0.00469. The molecule has 0 aliphatic carbocycles. The number of aryl methyl sites for hydroxylation is 1. The average molecular weight is 272 g/mol. The molecule has 0 saturated carbocycles. The zero-order valence-electron chi connectivity index (χ0n) is 12.6. The molecule has 2 saturated heterocycles. The summed E-state index contributed by atoms with van der Waals surface area (Å²) in [6, 6.07) is 10.9. The summed E-state index contributed by atoms with van der Waals surface area (Å²) in [6.45, 7) is 5.26. The highest BCUT2D eigenvalue weighted by Gasteiger charge is 2.29. The molecule has 1 aromatic rings. The highest BCUT2D eigenvalue weighted by molar-refractivity contribution is 5.14. The summed E-state index contributed by atoms with van der Waals surface area (Å²) in [5.74, 6) is 0. The molecule has 110 valence electrons. The second kappa shape index (κ2) is 7.24. The first kappa shape index (κ1) is 14.1. The van der Waals surface area contributed by atoms with E-state index in [-0.39, 0.29) is 0 Å². The third-order valence-electron chi connectivity index (χ3n) is 4.89. The molecule has 0 amide bonds. The molecule has 1 unspecified atom stereocenters. The van der Waals surface area contributed by atoms with Crippen LogP contribution in [-0.2, 0) is 6.42 Å². The maximum atomic E-state index is 2.76. The van der Waals surface area contributed by atoms with Gasteiger partial charge in [0.05, 0.1) is 6.17 Å². The molecule has 20 heavy (non-hydrogen) atoms. The molecule has 2 aliphatic heterocycles. The fourth-order valence-corrected chi connectivity index (χ4v) is 3.84. The molecule has 2 heterocycles. The lowest BCUT2D eigenvalue weighted by atomic mass is 10.1. The third kappa shape index (κ3) is 3.62. The number of hydrogen-bond donors (Lipinski definition) is 0. The van der Waals surface area contributed by atoms with Gasteiger partial charge in [-0.1, -0.05) is 43.2 Å². The molecular weight excluding hydrogens is 244 g/mol. The fraction of sp³-hybridized carbons (Fsp3) is 0.667. The van der Waals surface area contributed by atoms with E-state index in [1.54, 1.807) is 0 Å². The van der Waals surface area contributed by atoms with E-state index in [1.165, 1.54) is 76.7 Å². The van der Waals surface area contributed by atoms with Crippen LogP contribution in [0.3, 0.4) is 0 Å². The fourth-order valence-electron chi connectivity index (χ4n) is 3.84. The number of nitrogens with zero attached hydrogens (tertiary/aromatic N) is 2. The van der Waals surface area contributed by atoms with Gasteiger partial charge in [-0.2, -0.15) is 0 Å². The molecule has 0 radical (unpaired) electrons. The van der Waals surface area contributed by atoms with E-state index in [9.17, 15) is 0 Å². The highest BCUT2D eigenvalue weighted by Crippen LogP contribution is 2.24. The first-order valence-electron chi connectivity index (χ1n) is 8.45. The van der Waals surface area contributed by atoms with Gasteiger partial charge in [-0.25, -0.2) is 0 Å². The molecule has 1 atom stereocenters. The summed E-state index contributed by atoms with van der Waals surface area (Å²) < 4.78 is 0. The van der Waals surface area contributed by atoms with Gasteiger partial charge in [-0.3, -0.25) is 9.80 Å². The summed E-state index contributed by atoms with van der Waals surface area (Å²) >= 11 is 0. The summed E-state index contributed by atoms with van der Waals surface area (Å²) in [5.41, 5.74) is 1.49. The maximum Gasteiger partial charge on any atom is 0.0622 e. The Bertz CT molecular complexity index is 390. The predicted molar refractivity (Wildman–Crippen MR) is 84.8 cm³/mol. The average Bonchev–Trinajstić information content (AvgIpc) is 2.74. The van der Waals surface area contributed by atoms with E-state index in [0.717, 1.165) is 6.17 Å². The smallest absolute Gasteiger partial charge is 0.0622 e. The topological polar surface area (TPSA) is 6.48 Å². The molecule has 0 N–H and O–H groups in total. The van der Waals surface area contributed by atoms with Crippen LogP contribution in [0.5, 0.6) is 0 Å². The van der Waals surface area contributed by atoms with Crippen molar-refractivity contribution in [3.8, 4) is 0 Å². The first-order valence-corrected chi connectivity index (χ1v) is 8.45. The van der Waals surface area contributed by atoms with Crippen molar-refractivity contribution in [2.45, 2.75) is 51.1 Å². The van der Waals surface area contributed by atoms with Gasteiger partial charge in [0.2, 0.25) is 0 Å². The molecule has 3 rings (SSSR count). The van der Waals surface area contributed by atoms with E-state index < -0.39 is 0 Å². The quantitative estimate of drug-likeness (QED) is 0.827. The summed E-state index contributed by atoms with van der Waals surface area (Å²) in [6.07, 6.45) is 10.3. The summed E-state index contributed by atoms with van der Waals surface area (Å²) in [4.78, 5) is 5.51. The van der Waals surface area contributed by atoms with E-state index in [2.05, 4.69) is 40.1 Å². The molecule has 1 aromatic carbocycles. The van der Waals surface area contributed by atoms with Crippen LogP contribution in [-0.4, -0.2) is 42.1 Å². The Morgan fingerprint density at radius 2 is 1.75 bits per heavy atom. The Balaban J connectivity index is 1.50. The van der Waals surface area contributed by atoms with Crippen molar-refractivity contribution in [3.05, 3.63) is 35.9 Å². The Hall–Kier alpha value is -0.860. The lowest BCUT2D eigenvalue weighted by Gasteiger charge is -2.43. The predicted octanol–water partition coefficient (Wildman–Crippen LogP) is 3.53.